The second kappa shape index (κ2) is 8.58. The van der Waals surface area contributed by atoms with Gasteiger partial charge < -0.3 is 14.0 Å². The van der Waals surface area contributed by atoms with E-state index in [-0.39, 0.29) is 23.0 Å². The average molecular weight is 440 g/mol. The Bertz CT molecular complexity index is 1400. The van der Waals surface area contributed by atoms with Crippen LogP contribution in [0.3, 0.4) is 0 Å². The van der Waals surface area contributed by atoms with E-state index in [1.807, 2.05) is 0 Å². The van der Waals surface area contributed by atoms with Gasteiger partial charge in [0.25, 0.3) is 5.56 Å². The third-order valence-electron chi connectivity index (χ3n) is 4.71. The summed E-state index contributed by atoms with van der Waals surface area (Å²) in [4.78, 5) is 33.8. The lowest BCUT2D eigenvalue weighted by Gasteiger charge is -2.14. The normalized spacial score (nSPS) is 11.2. The third kappa shape index (κ3) is 4.07. The summed E-state index contributed by atoms with van der Waals surface area (Å²) >= 11 is 0. The molecule has 0 unspecified atom stereocenters. The Morgan fingerprint density at radius 3 is 2.50 bits per heavy atom. The molecule has 10 heteroatoms. The molecular weight excluding hydrogens is 422 g/mol. The highest BCUT2D eigenvalue weighted by Gasteiger charge is 2.16. The summed E-state index contributed by atoms with van der Waals surface area (Å²) in [5, 5.41) is 0.546. The van der Waals surface area contributed by atoms with Crippen LogP contribution in [0, 0.1) is 0 Å². The maximum absolute atomic E-state index is 13.5. The number of nitrogens with zero attached hydrogens (tertiary/aromatic N) is 4. The lowest BCUT2D eigenvalue weighted by molar-refractivity contribution is -0.0498. The molecule has 164 valence electrons. The van der Waals surface area contributed by atoms with Crippen molar-refractivity contribution in [1.29, 1.82) is 0 Å². The number of aromatic nitrogens is 4. The van der Waals surface area contributed by atoms with Crippen molar-refractivity contribution in [3.8, 4) is 28.6 Å². The van der Waals surface area contributed by atoms with E-state index in [0.717, 1.165) is 0 Å². The summed E-state index contributed by atoms with van der Waals surface area (Å²) in [6.07, 6.45) is 3.09. The molecule has 3 heterocycles. The van der Waals surface area contributed by atoms with Crippen molar-refractivity contribution in [2.75, 3.05) is 6.61 Å². The first-order valence-electron chi connectivity index (χ1n) is 9.65. The van der Waals surface area contributed by atoms with Gasteiger partial charge in [-0.3, -0.25) is 14.2 Å². The van der Waals surface area contributed by atoms with Crippen LogP contribution < -0.4 is 20.6 Å². The van der Waals surface area contributed by atoms with Crippen molar-refractivity contribution >= 4 is 11.0 Å². The van der Waals surface area contributed by atoms with Crippen LogP contribution in [0.1, 0.15) is 6.92 Å². The molecule has 4 rings (SSSR count). The van der Waals surface area contributed by atoms with E-state index in [1.165, 1.54) is 45.7 Å². The van der Waals surface area contributed by atoms with Crippen molar-refractivity contribution in [3.63, 3.8) is 0 Å². The smallest absolute Gasteiger partial charge is 0.387 e. The number of halogens is 2. The van der Waals surface area contributed by atoms with Crippen molar-refractivity contribution in [2.45, 2.75) is 13.5 Å². The van der Waals surface area contributed by atoms with E-state index < -0.39 is 12.2 Å². The minimum Gasteiger partial charge on any atom is -0.464 e. The van der Waals surface area contributed by atoms with Gasteiger partial charge in [-0.1, -0.05) is 0 Å². The van der Waals surface area contributed by atoms with Gasteiger partial charge in [-0.05, 0) is 43.3 Å². The molecule has 0 atom stereocenters. The Labute approximate surface area is 180 Å². The maximum atomic E-state index is 13.5. The number of benzene rings is 1. The first-order chi connectivity index (χ1) is 15.4. The predicted octanol–water partition coefficient (Wildman–Crippen LogP) is 3.15. The second-order valence-electron chi connectivity index (χ2n) is 6.80. The number of pyridine rings is 2. The predicted molar refractivity (Wildman–Crippen MR) is 114 cm³/mol. The Morgan fingerprint density at radius 1 is 1.09 bits per heavy atom. The Morgan fingerprint density at radius 2 is 1.84 bits per heavy atom. The zero-order chi connectivity index (χ0) is 22.8. The van der Waals surface area contributed by atoms with Crippen LogP contribution in [0.25, 0.3) is 27.8 Å². The van der Waals surface area contributed by atoms with E-state index in [2.05, 4.69) is 14.7 Å². The summed E-state index contributed by atoms with van der Waals surface area (Å²) in [5.41, 5.74) is 0.876. The molecule has 8 nitrogen and oxygen atoms in total. The van der Waals surface area contributed by atoms with Gasteiger partial charge in [0.05, 0.1) is 12.3 Å². The molecule has 32 heavy (non-hydrogen) atoms. The average Bonchev–Trinajstić information content (AvgIpc) is 2.76. The topological polar surface area (TPSA) is 88.2 Å². The molecule has 0 aliphatic heterocycles. The number of hydrogen-bond acceptors (Lipinski definition) is 6. The molecule has 3 aromatic heterocycles. The van der Waals surface area contributed by atoms with Crippen LogP contribution in [-0.2, 0) is 7.05 Å². The number of aryl methyl sites for hydroxylation is 1. The number of ether oxygens (including phenoxy) is 2. The van der Waals surface area contributed by atoms with E-state index in [9.17, 15) is 18.4 Å². The van der Waals surface area contributed by atoms with E-state index in [1.54, 1.807) is 32.3 Å². The van der Waals surface area contributed by atoms with Crippen molar-refractivity contribution in [1.82, 2.24) is 19.1 Å². The Hall–Kier alpha value is -4.08. The Kier molecular flexibility index (Phi) is 5.67. The quantitative estimate of drug-likeness (QED) is 0.458. The number of fused-ring (bicyclic) bond motifs is 1. The molecule has 0 bridgehead atoms. The monoisotopic (exact) mass is 440 g/mol. The molecule has 0 amide bonds. The molecular formula is C22H18F2N4O4. The maximum Gasteiger partial charge on any atom is 0.387 e. The fourth-order valence-corrected chi connectivity index (χ4v) is 3.26. The number of hydrogen-bond donors (Lipinski definition) is 0. The number of rotatable bonds is 6. The molecule has 4 aromatic rings. The molecule has 0 saturated heterocycles. The molecule has 0 radical (unpaired) electrons. The molecule has 1 aromatic carbocycles. The van der Waals surface area contributed by atoms with E-state index in [4.69, 9.17) is 4.74 Å². The highest BCUT2D eigenvalue weighted by Crippen LogP contribution is 2.24. The molecule has 0 N–H and O–H groups in total. The molecule has 0 saturated carbocycles. The Balaban J connectivity index is 1.97. The summed E-state index contributed by atoms with van der Waals surface area (Å²) in [6.45, 7) is -0.838. The van der Waals surface area contributed by atoms with Gasteiger partial charge in [-0.25, -0.2) is 4.98 Å². The fourth-order valence-electron chi connectivity index (χ4n) is 3.26. The van der Waals surface area contributed by atoms with E-state index in [0.29, 0.717) is 28.8 Å². The van der Waals surface area contributed by atoms with Crippen molar-refractivity contribution < 1.29 is 18.3 Å². The van der Waals surface area contributed by atoms with Gasteiger partial charge in [0.15, 0.2) is 5.65 Å². The van der Waals surface area contributed by atoms with Gasteiger partial charge in [-0.15, -0.1) is 0 Å². The minimum absolute atomic E-state index is 0.0417. The van der Waals surface area contributed by atoms with Crippen LogP contribution >= 0.6 is 0 Å². The second-order valence-corrected chi connectivity index (χ2v) is 6.80. The van der Waals surface area contributed by atoms with Crippen LogP contribution in [-0.4, -0.2) is 32.3 Å². The van der Waals surface area contributed by atoms with Crippen LogP contribution in [0.5, 0.6) is 11.8 Å². The molecule has 0 aliphatic carbocycles. The van der Waals surface area contributed by atoms with Gasteiger partial charge in [-0.2, -0.15) is 13.8 Å². The highest BCUT2D eigenvalue weighted by atomic mass is 19.3. The van der Waals surface area contributed by atoms with Crippen LogP contribution in [0.2, 0.25) is 0 Å². The third-order valence-corrected chi connectivity index (χ3v) is 4.71. The SMILES string of the molecule is CCOc1ncc2cc(-c3ccc(=O)n(C)c3)c(=O)n(-c3ccc(OC(F)F)cc3)c2n1. The summed E-state index contributed by atoms with van der Waals surface area (Å²) < 4.78 is 37.5. The van der Waals surface area contributed by atoms with Crippen LogP contribution in [0.4, 0.5) is 8.78 Å². The van der Waals surface area contributed by atoms with Gasteiger partial charge in [0, 0.05) is 42.0 Å². The highest BCUT2D eigenvalue weighted by molar-refractivity contribution is 5.82. The molecule has 0 aliphatic rings. The summed E-state index contributed by atoms with van der Waals surface area (Å²) in [5.74, 6) is -0.0417. The van der Waals surface area contributed by atoms with Gasteiger partial charge >= 0.3 is 12.6 Å². The lowest BCUT2D eigenvalue weighted by Crippen LogP contribution is -2.22. The minimum atomic E-state index is -2.96. The largest absolute Gasteiger partial charge is 0.464 e. The standard InChI is InChI=1S/C22H18F2N4O4/c1-3-31-22-25-11-14-10-17(13-4-9-18(29)27(2)12-13)20(30)28(19(14)26-22)15-5-7-16(8-6-15)32-21(23)24/h4-12,21H,3H2,1-2H3. The molecule has 0 spiro atoms. The number of alkyl halides is 2. The first-order valence-corrected chi connectivity index (χ1v) is 9.65. The summed E-state index contributed by atoms with van der Waals surface area (Å²) in [6, 6.07) is 10.3. The van der Waals surface area contributed by atoms with Crippen molar-refractivity contribution in [3.05, 3.63) is 75.6 Å². The zero-order valence-corrected chi connectivity index (χ0v) is 17.2. The van der Waals surface area contributed by atoms with Crippen LogP contribution in [0.15, 0.2) is 64.4 Å². The zero-order valence-electron chi connectivity index (χ0n) is 17.2. The van der Waals surface area contributed by atoms with E-state index >= 15 is 0 Å². The molecule has 0 fully saturated rings. The summed E-state index contributed by atoms with van der Waals surface area (Å²) in [7, 11) is 1.59. The first kappa shape index (κ1) is 21.2. The fraction of sp³-hybridized carbons (Fsp3) is 0.182. The van der Waals surface area contributed by atoms with Gasteiger partial charge in [0.1, 0.15) is 5.75 Å². The lowest BCUT2D eigenvalue weighted by atomic mass is 10.1. The van der Waals surface area contributed by atoms with Crippen molar-refractivity contribution in [2.24, 2.45) is 7.05 Å². The van der Waals surface area contributed by atoms with Gasteiger partial charge in [0.2, 0.25) is 5.56 Å².